The molecule has 0 N–H and O–H groups in total. The minimum absolute atomic E-state index is 0.200. The van der Waals surface area contributed by atoms with E-state index in [9.17, 15) is 0 Å². The van der Waals surface area contributed by atoms with Crippen LogP contribution in [0.15, 0.2) is 36.4 Å². The number of hydrogen-bond acceptors (Lipinski definition) is 3. The Kier molecular flexibility index (Phi) is 6.92. The molecule has 0 radical (unpaired) electrons. The first-order valence-electron chi connectivity index (χ1n) is 12.7. The average Bonchev–Trinajstić information content (AvgIpc) is 3.20. The SMILES string of the molecule is COc1cc2nc(-c3ccccc3P(C3CCCCC3)C3CCCCC3)n(C)c2cc1OC. The second-order valence-corrected chi connectivity index (χ2v) is 12.5. The molecular weight excluding hydrogens is 427 g/mol. The van der Waals surface area contributed by atoms with Crippen molar-refractivity contribution in [2.24, 2.45) is 7.05 Å². The van der Waals surface area contributed by atoms with Crippen LogP contribution in [-0.4, -0.2) is 35.1 Å². The Labute approximate surface area is 199 Å². The monoisotopic (exact) mass is 464 g/mol. The number of hydrogen-bond donors (Lipinski definition) is 0. The van der Waals surface area contributed by atoms with Gasteiger partial charge in [-0.25, -0.2) is 4.98 Å². The third-order valence-corrected chi connectivity index (χ3v) is 11.3. The average molecular weight is 465 g/mol. The summed E-state index contributed by atoms with van der Waals surface area (Å²) >= 11 is 0. The Bertz CT molecular complexity index is 1080. The van der Waals surface area contributed by atoms with E-state index in [0.29, 0.717) is 0 Å². The van der Waals surface area contributed by atoms with Crippen molar-refractivity contribution in [3.05, 3.63) is 36.4 Å². The number of aromatic nitrogens is 2. The van der Waals surface area contributed by atoms with Gasteiger partial charge in [0.25, 0.3) is 0 Å². The van der Waals surface area contributed by atoms with Crippen molar-refractivity contribution < 1.29 is 9.47 Å². The summed E-state index contributed by atoms with van der Waals surface area (Å²) < 4.78 is 13.4. The molecule has 3 aromatic rings. The van der Waals surface area contributed by atoms with Gasteiger partial charge in [-0.1, -0.05) is 70.7 Å². The van der Waals surface area contributed by atoms with Crippen molar-refractivity contribution in [1.82, 2.24) is 9.55 Å². The van der Waals surface area contributed by atoms with Crippen molar-refractivity contribution in [1.29, 1.82) is 0 Å². The number of methoxy groups -OCH3 is 2. The fourth-order valence-electron chi connectivity index (χ4n) is 6.06. The molecule has 176 valence electrons. The number of fused-ring (bicyclic) bond motifs is 1. The molecule has 1 aromatic heterocycles. The van der Waals surface area contributed by atoms with Crippen molar-refractivity contribution in [3.8, 4) is 22.9 Å². The van der Waals surface area contributed by atoms with Crippen molar-refractivity contribution in [3.63, 3.8) is 0 Å². The maximum absolute atomic E-state index is 5.57. The van der Waals surface area contributed by atoms with Crippen LogP contribution in [0.5, 0.6) is 11.5 Å². The lowest BCUT2D eigenvalue weighted by Crippen LogP contribution is -2.27. The summed E-state index contributed by atoms with van der Waals surface area (Å²) in [5.41, 5.74) is 5.11. The van der Waals surface area contributed by atoms with Gasteiger partial charge in [0.05, 0.1) is 25.3 Å². The fourth-order valence-corrected chi connectivity index (χ4v) is 9.99. The smallest absolute Gasteiger partial charge is 0.163 e. The summed E-state index contributed by atoms with van der Waals surface area (Å²) in [6.07, 6.45) is 14.1. The highest BCUT2D eigenvalue weighted by Crippen LogP contribution is 2.56. The number of ether oxygens (including phenoxy) is 2. The molecule has 2 aromatic carbocycles. The van der Waals surface area contributed by atoms with Crippen LogP contribution in [0.3, 0.4) is 0 Å². The van der Waals surface area contributed by atoms with E-state index in [4.69, 9.17) is 14.5 Å². The molecule has 0 bridgehead atoms. The van der Waals surface area contributed by atoms with E-state index in [0.717, 1.165) is 39.7 Å². The van der Waals surface area contributed by atoms with Gasteiger partial charge in [0.15, 0.2) is 11.5 Å². The zero-order valence-electron chi connectivity index (χ0n) is 20.3. The second-order valence-electron chi connectivity index (χ2n) is 9.70. The third-order valence-electron chi connectivity index (χ3n) is 7.75. The molecule has 0 amide bonds. The summed E-state index contributed by atoms with van der Waals surface area (Å²) in [5.74, 6) is 2.55. The molecule has 2 aliphatic carbocycles. The summed E-state index contributed by atoms with van der Waals surface area (Å²) in [5, 5.41) is 1.59. The predicted molar refractivity (Wildman–Crippen MR) is 140 cm³/mol. The molecule has 5 rings (SSSR count). The van der Waals surface area contributed by atoms with Crippen LogP contribution in [0, 0.1) is 0 Å². The third kappa shape index (κ3) is 4.39. The first kappa shape index (κ1) is 22.7. The van der Waals surface area contributed by atoms with Gasteiger partial charge in [0.2, 0.25) is 0 Å². The van der Waals surface area contributed by atoms with Crippen LogP contribution in [0.4, 0.5) is 0 Å². The quantitative estimate of drug-likeness (QED) is 0.368. The van der Waals surface area contributed by atoms with E-state index in [1.54, 1.807) is 19.5 Å². The standard InChI is InChI=1S/C28H37N2O2P/c1-30-24-19-26(32-3)25(31-2)18-23(24)29-28(30)22-16-10-11-17-27(22)33(20-12-6-4-7-13-20)21-14-8-5-9-15-21/h10-11,16-21H,4-9,12-15H2,1-3H3. The van der Waals surface area contributed by atoms with Gasteiger partial charge in [-0.3, -0.25) is 0 Å². The molecule has 33 heavy (non-hydrogen) atoms. The Balaban J connectivity index is 1.63. The highest BCUT2D eigenvalue weighted by Gasteiger charge is 2.34. The maximum Gasteiger partial charge on any atom is 0.163 e. The van der Waals surface area contributed by atoms with Crippen LogP contribution < -0.4 is 14.8 Å². The minimum atomic E-state index is -0.200. The molecule has 4 nitrogen and oxygen atoms in total. The lowest BCUT2D eigenvalue weighted by molar-refractivity contribution is 0.355. The highest BCUT2D eigenvalue weighted by molar-refractivity contribution is 7.67. The van der Waals surface area contributed by atoms with Gasteiger partial charge in [-0.05, 0) is 42.3 Å². The molecule has 0 aliphatic heterocycles. The lowest BCUT2D eigenvalue weighted by atomic mass is 9.99. The Morgan fingerprint density at radius 3 is 2.00 bits per heavy atom. The molecule has 0 atom stereocenters. The zero-order chi connectivity index (χ0) is 22.8. The summed E-state index contributed by atoms with van der Waals surface area (Å²) in [7, 11) is 5.31. The zero-order valence-corrected chi connectivity index (χ0v) is 21.2. The first-order chi connectivity index (χ1) is 16.2. The van der Waals surface area contributed by atoms with E-state index in [1.807, 2.05) is 6.07 Å². The Morgan fingerprint density at radius 1 is 0.818 bits per heavy atom. The van der Waals surface area contributed by atoms with Gasteiger partial charge in [-0.15, -0.1) is 0 Å². The molecular formula is C28H37N2O2P. The number of imidazole rings is 1. The lowest BCUT2D eigenvalue weighted by Gasteiger charge is -2.39. The summed E-state index contributed by atoms with van der Waals surface area (Å²) in [6, 6.07) is 13.3. The van der Waals surface area contributed by atoms with E-state index in [2.05, 4.69) is 41.9 Å². The number of benzene rings is 2. The molecule has 2 saturated carbocycles. The number of nitrogens with zero attached hydrogens (tertiary/aromatic N) is 2. The van der Waals surface area contributed by atoms with Crippen LogP contribution >= 0.6 is 7.92 Å². The van der Waals surface area contributed by atoms with Crippen LogP contribution in [0.1, 0.15) is 64.2 Å². The summed E-state index contributed by atoms with van der Waals surface area (Å²) in [6.45, 7) is 0. The molecule has 0 unspecified atom stereocenters. The number of rotatable bonds is 6. The van der Waals surface area contributed by atoms with Crippen molar-refractivity contribution >= 4 is 24.3 Å². The topological polar surface area (TPSA) is 36.3 Å². The van der Waals surface area contributed by atoms with Crippen molar-refractivity contribution in [2.75, 3.05) is 14.2 Å². The Hall–Kier alpha value is -2.06. The largest absolute Gasteiger partial charge is 0.493 e. The van der Waals surface area contributed by atoms with Gasteiger partial charge < -0.3 is 14.0 Å². The minimum Gasteiger partial charge on any atom is -0.493 e. The van der Waals surface area contributed by atoms with Crippen LogP contribution in [0.2, 0.25) is 0 Å². The van der Waals surface area contributed by atoms with E-state index >= 15 is 0 Å². The number of aryl methyl sites for hydroxylation is 1. The fraction of sp³-hybridized carbons (Fsp3) is 0.536. The van der Waals surface area contributed by atoms with Gasteiger partial charge in [0, 0.05) is 24.7 Å². The normalized spacial score (nSPS) is 18.2. The highest BCUT2D eigenvalue weighted by atomic mass is 31.1. The van der Waals surface area contributed by atoms with Gasteiger partial charge >= 0.3 is 0 Å². The first-order valence-corrected chi connectivity index (χ1v) is 14.2. The van der Waals surface area contributed by atoms with Gasteiger partial charge in [0.1, 0.15) is 5.82 Å². The van der Waals surface area contributed by atoms with Crippen molar-refractivity contribution in [2.45, 2.75) is 75.5 Å². The van der Waals surface area contributed by atoms with E-state index < -0.39 is 0 Å². The second kappa shape index (κ2) is 10.1. The Morgan fingerprint density at radius 2 is 1.39 bits per heavy atom. The van der Waals surface area contributed by atoms with E-state index in [1.165, 1.54) is 69.8 Å². The molecule has 5 heteroatoms. The molecule has 2 aliphatic rings. The van der Waals surface area contributed by atoms with E-state index in [-0.39, 0.29) is 7.92 Å². The van der Waals surface area contributed by atoms with Crippen LogP contribution in [0.25, 0.3) is 22.4 Å². The molecule has 0 spiro atoms. The molecule has 1 heterocycles. The van der Waals surface area contributed by atoms with Crippen LogP contribution in [-0.2, 0) is 7.05 Å². The maximum atomic E-state index is 5.57. The predicted octanol–water partition coefficient (Wildman–Crippen LogP) is 7.03. The summed E-state index contributed by atoms with van der Waals surface area (Å²) in [4.78, 5) is 5.14. The molecule has 2 fully saturated rings. The van der Waals surface area contributed by atoms with Gasteiger partial charge in [-0.2, -0.15) is 0 Å². The molecule has 0 saturated heterocycles.